The van der Waals surface area contributed by atoms with E-state index in [9.17, 15) is 14.4 Å². The van der Waals surface area contributed by atoms with Gasteiger partial charge in [-0.15, -0.1) is 0 Å². The number of benzene rings is 1. The molecule has 0 bridgehead atoms. The maximum atomic E-state index is 13.5. The van der Waals surface area contributed by atoms with Gasteiger partial charge >= 0.3 is 5.97 Å². The van der Waals surface area contributed by atoms with Crippen molar-refractivity contribution in [3.8, 4) is 0 Å². The third kappa shape index (κ3) is 5.66. The Hall–Kier alpha value is -1.93. The number of likely N-dealkylation sites (N-methyl/N-ethyl adjacent to an activating group) is 1. The van der Waals surface area contributed by atoms with E-state index >= 15 is 0 Å². The molecule has 2 amide bonds. The molecule has 1 aromatic rings. The summed E-state index contributed by atoms with van der Waals surface area (Å²) in [5.74, 6) is -1.36. The summed E-state index contributed by atoms with van der Waals surface area (Å²) in [6, 6.07) is 7.82. The summed E-state index contributed by atoms with van der Waals surface area (Å²) in [5, 5.41) is 0. The predicted molar refractivity (Wildman–Crippen MR) is 123 cm³/mol. The van der Waals surface area contributed by atoms with Crippen LogP contribution < -0.4 is 4.90 Å². The lowest BCUT2D eigenvalue weighted by Crippen LogP contribution is -2.47. The van der Waals surface area contributed by atoms with Gasteiger partial charge < -0.3 is 14.5 Å². The van der Waals surface area contributed by atoms with E-state index in [0.717, 1.165) is 36.1 Å². The number of hydrogen-bond acceptors (Lipinski definition) is 5. The van der Waals surface area contributed by atoms with Crippen molar-refractivity contribution in [3.63, 3.8) is 0 Å². The minimum absolute atomic E-state index is 0.146. The number of carbonyl (C=O) groups excluding carboxylic acids is 3. The van der Waals surface area contributed by atoms with Gasteiger partial charge in [0.2, 0.25) is 11.8 Å². The first-order chi connectivity index (χ1) is 15.0. The quantitative estimate of drug-likeness (QED) is 0.390. The number of hydrogen-bond donors (Lipinski definition) is 0. The summed E-state index contributed by atoms with van der Waals surface area (Å²) in [7, 11) is 0. The van der Waals surface area contributed by atoms with Crippen LogP contribution in [0.3, 0.4) is 0 Å². The van der Waals surface area contributed by atoms with Gasteiger partial charge in [0.25, 0.3) is 0 Å². The zero-order chi connectivity index (χ0) is 22.4. The van der Waals surface area contributed by atoms with E-state index in [4.69, 9.17) is 4.74 Å². The van der Waals surface area contributed by atoms with Crippen LogP contribution in [0.5, 0.6) is 0 Å². The Morgan fingerprint density at radius 1 is 1.19 bits per heavy atom. The molecule has 3 rings (SSSR count). The third-order valence-corrected chi connectivity index (χ3v) is 6.86. The molecule has 2 fully saturated rings. The fourth-order valence-corrected chi connectivity index (χ4v) is 5.06. The van der Waals surface area contributed by atoms with Crippen LogP contribution in [-0.4, -0.2) is 73.0 Å². The van der Waals surface area contributed by atoms with Gasteiger partial charge in [-0.3, -0.25) is 19.3 Å². The Labute approximate surface area is 192 Å². The number of nitrogens with zero attached hydrogens (tertiary/aromatic N) is 3. The summed E-state index contributed by atoms with van der Waals surface area (Å²) in [5.41, 5.74) is 0.786. The van der Waals surface area contributed by atoms with Crippen LogP contribution in [0.25, 0.3) is 0 Å². The summed E-state index contributed by atoms with van der Waals surface area (Å²) < 4.78 is 5.88. The number of ether oxygens (including phenoxy) is 1. The molecule has 1 aromatic carbocycles. The van der Waals surface area contributed by atoms with Gasteiger partial charge in [0.15, 0.2) is 0 Å². The zero-order valence-corrected chi connectivity index (χ0v) is 20.0. The Kier molecular flexibility index (Phi) is 8.49. The number of rotatable bonds is 9. The van der Waals surface area contributed by atoms with E-state index < -0.39 is 5.92 Å². The highest BCUT2D eigenvalue weighted by atomic mass is 79.9. The number of amides is 2. The molecule has 2 heterocycles. The lowest BCUT2D eigenvalue weighted by molar-refractivity contribution is -0.145. The Balaban J connectivity index is 1.73. The second-order valence-electron chi connectivity index (χ2n) is 8.05. The number of anilines is 1. The highest BCUT2D eigenvalue weighted by Gasteiger charge is 2.41. The maximum Gasteiger partial charge on any atom is 0.307 e. The molecule has 0 saturated carbocycles. The van der Waals surface area contributed by atoms with Gasteiger partial charge in [-0.05, 0) is 67.3 Å². The Morgan fingerprint density at radius 3 is 2.68 bits per heavy atom. The molecular formula is C23H32BrN3O4. The highest BCUT2D eigenvalue weighted by molar-refractivity contribution is 9.10. The fraction of sp³-hybridized carbons (Fsp3) is 0.609. The van der Waals surface area contributed by atoms with Crippen LogP contribution in [0.15, 0.2) is 28.7 Å². The summed E-state index contributed by atoms with van der Waals surface area (Å²) >= 11 is 3.50. The molecule has 7 nitrogen and oxygen atoms in total. The minimum atomic E-state index is -0.703. The topological polar surface area (TPSA) is 70.2 Å². The Bertz CT molecular complexity index is 803. The van der Waals surface area contributed by atoms with Crippen molar-refractivity contribution in [3.05, 3.63) is 28.7 Å². The van der Waals surface area contributed by atoms with Crippen molar-refractivity contribution in [1.29, 1.82) is 0 Å². The van der Waals surface area contributed by atoms with Gasteiger partial charge in [0.1, 0.15) is 5.92 Å². The number of likely N-dealkylation sites (tertiary alicyclic amines) is 1. The molecule has 0 spiro atoms. The molecular weight excluding hydrogens is 462 g/mol. The molecule has 2 unspecified atom stereocenters. The van der Waals surface area contributed by atoms with Crippen LogP contribution >= 0.6 is 15.9 Å². The van der Waals surface area contributed by atoms with Gasteiger partial charge in [-0.25, -0.2) is 0 Å². The summed E-state index contributed by atoms with van der Waals surface area (Å²) in [6.07, 6.45) is 2.76. The predicted octanol–water partition coefficient (Wildman–Crippen LogP) is 3.07. The Morgan fingerprint density at radius 2 is 1.97 bits per heavy atom. The minimum Gasteiger partial charge on any atom is -0.466 e. The highest BCUT2D eigenvalue weighted by Crippen LogP contribution is 2.32. The van der Waals surface area contributed by atoms with Crippen LogP contribution in [0.2, 0.25) is 0 Å². The molecule has 0 radical (unpaired) electrons. The molecule has 170 valence electrons. The molecule has 0 aliphatic carbocycles. The molecule has 31 heavy (non-hydrogen) atoms. The summed E-state index contributed by atoms with van der Waals surface area (Å²) in [4.78, 5) is 44.3. The van der Waals surface area contributed by atoms with Crippen molar-refractivity contribution >= 4 is 39.4 Å². The van der Waals surface area contributed by atoms with E-state index in [1.54, 1.807) is 16.7 Å². The van der Waals surface area contributed by atoms with Crippen LogP contribution in [0.1, 0.15) is 39.5 Å². The van der Waals surface area contributed by atoms with Crippen molar-refractivity contribution in [2.45, 2.75) is 45.6 Å². The largest absolute Gasteiger partial charge is 0.466 e. The van der Waals surface area contributed by atoms with Gasteiger partial charge in [0, 0.05) is 30.1 Å². The van der Waals surface area contributed by atoms with E-state index in [1.165, 1.54) is 0 Å². The SMILES string of the molecule is CCOC(=O)CCN(CC1CCCN1CC)C(=O)C1CCN(c2ccccc2Br)C1=O. The molecule has 2 aliphatic rings. The van der Waals surface area contributed by atoms with E-state index in [-0.39, 0.29) is 36.8 Å². The first-order valence-electron chi connectivity index (χ1n) is 11.2. The second-order valence-corrected chi connectivity index (χ2v) is 8.90. The van der Waals surface area contributed by atoms with Crippen molar-refractivity contribution in [2.24, 2.45) is 5.92 Å². The number of esters is 1. The molecule has 0 N–H and O–H groups in total. The van der Waals surface area contributed by atoms with Crippen molar-refractivity contribution in [2.75, 3.05) is 44.2 Å². The average molecular weight is 494 g/mol. The molecule has 2 saturated heterocycles. The van der Waals surface area contributed by atoms with Crippen molar-refractivity contribution < 1.29 is 19.1 Å². The number of halogens is 1. The number of para-hydroxylation sites is 1. The average Bonchev–Trinajstić information content (AvgIpc) is 3.37. The lowest BCUT2D eigenvalue weighted by Gasteiger charge is -2.31. The van der Waals surface area contributed by atoms with Gasteiger partial charge in [-0.2, -0.15) is 0 Å². The summed E-state index contributed by atoms with van der Waals surface area (Å²) in [6.45, 7) is 7.51. The van der Waals surface area contributed by atoms with E-state index in [0.29, 0.717) is 26.1 Å². The molecule has 2 atom stereocenters. The van der Waals surface area contributed by atoms with Crippen LogP contribution in [-0.2, 0) is 19.1 Å². The maximum absolute atomic E-state index is 13.5. The van der Waals surface area contributed by atoms with Crippen LogP contribution in [0.4, 0.5) is 5.69 Å². The van der Waals surface area contributed by atoms with E-state index in [2.05, 4.69) is 27.8 Å². The molecule has 2 aliphatic heterocycles. The van der Waals surface area contributed by atoms with Crippen molar-refractivity contribution in [1.82, 2.24) is 9.80 Å². The number of carbonyl (C=O) groups is 3. The smallest absolute Gasteiger partial charge is 0.307 e. The first-order valence-corrected chi connectivity index (χ1v) is 12.0. The first kappa shape index (κ1) is 23.7. The standard InChI is InChI=1S/C23H32BrN3O4/c1-3-25-13-7-8-17(25)16-26(14-12-21(28)31-4-2)22(29)18-11-15-27(23(18)30)20-10-6-5-9-19(20)24/h5-6,9-10,17-18H,3-4,7-8,11-16H2,1-2H3. The van der Waals surface area contributed by atoms with Gasteiger partial charge in [0.05, 0.1) is 18.7 Å². The monoisotopic (exact) mass is 493 g/mol. The fourth-order valence-electron chi connectivity index (χ4n) is 4.56. The second kappa shape index (κ2) is 11.1. The van der Waals surface area contributed by atoms with Gasteiger partial charge in [-0.1, -0.05) is 19.1 Å². The van der Waals surface area contributed by atoms with Crippen LogP contribution in [0, 0.1) is 5.92 Å². The molecule has 8 heteroatoms. The zero-order valence-electron chi connectivity index (χ0n) is 18.4. The normalized spacial score (nSPS) is 21.5. The third-order valence-electron chi connectivity index (χ3n) is 6.19. The molecule has 0 aromatic heterocycles. The lowest BCUT2D eigenvalue weighted by atomic mass is 10.1. The van der Waals surface area contributed by atoms with E-state index in [1.807, 2.05) is 24.3 Å².